The molecule has 0 aliphatic heterocycles. The monoisotopic (exact) mass is 532 g/mol. The molecule has 1 aromatic carbocycles. The molecule has 2 N–H and O–H groups in total. The highest BCUT2D eigenvalue weighted by Gasteiger charge is 2.20. The average Bonchev–Trinajstić information content (AvgIpc) is 3.42. The summed E-state index contributed by atoms with van der Waals surface area (Å²) in [7, 11) is 1.89. The van der Waals surface area contributed by atoms with Gasteiger partial charge in [0.25, 0.3) is 0 Å². The van der Waals surface area contributed by atoms with Gasteiger partial charge in [0.2, 0.25) is 0 Å². The molecule has 1 fully saturated rings. The third-order valence-electron chi connectivity index (χ3n) is 6.95. The summed E-state index contributed by atoms with van der Waals surface area (Å²) in [5.74, 6) is 0.774. The first-order valence-corrected chi connectivity index (χ1v) is 13.4. The Hall–Kier alpha value is -4.97. The van der Waals surface area contributed by atoms with E-state index >= 15 is 0 Å². The van der Waals surface area contributed by atoms with E-state index in [1.807, 2.05) is 81.1 Å². The molecule has 0 unspecified atom stereocenters. The van der Waals surface area contributed by atoms with Crippen molar-refractivity contribution in [3.8, 4) is 17.2 Å². The van der Waals surface area contributed by atoms with Gasteiger partial charge in [-0.05, 0) is 74.6 Å². The van der Waals surface area contributed by atoms with Crippen molar-refractivity contribution in [3.63, 3.8) is 0 Å². The van der Waals surface area contributed by atoms with E-state index < -0.39 is 0 Å². The molecular weight excluding hydrogens is 500 g/mol. The number of nitrogens with zero attached hydrogens (tertiary/aromatic N) is 6. The number of aromatic nitrogens is 4. The Morgan fingerprint density at radius 3 is 2.55 bits per heavy atom. The Labute approximate surface area is 234 Å². The Bertz CT molecular complexity index is 1520. The third-order valence-corrected chi connectivity index (χ3v) is 6.95. The minimum absolute atomic E-state index is 0.202. The highest BCUT2D eigenvalue weighted by molar-refractivity contribution is 5.94. The summed E-state index contributed by atoms with van der Waals surface area (Å²) in [5, 5.41) is 19.8. The normalized spacial score (nSPS) is 14.7. The fraction of sp³-hybridized carbons (Fsp3) is 0.258. The molecule has 3 heterocycles. The molecule has 40 heavy (non-hydrogen) atoms. The maximum Gasteiger partial charge on any atom is 0.326 e. The van der Waals surface area contributed by atoms with E-state index in [-0.39, 0.29) is 12.1 Å². The number of urea groups is 1. The second-order valence-corrected chi connectivity index (χ2v) is 10.00. The van der Waals surface area contributed by atoms with Crippen LogP contribution in [-0.2, 0) is 13.6 Å². The van der Waals surface area contributed by atoms with Gasteiger partial charge in [0.15, 0.2) is 0 Å². The molecule has 9 nitrogen and oxygen atoms in total. The van der Waals surface area contributed by atoms with Crippen LogP contribution < -0.4 is 15.5 Å². The number of pyridine rings is 2. The van der Waals surface area contributed by atoms with Crippen LogP contribution in [0, 0.1) is 18.3 Å². The highest BCUT2D eigenvalue weighted by atomic mass is 16.2. The van der Waals surface area contributed by atoms with Gasteiger partial charge in [-0.15, -0.1) is 0 Å². The van der Waals surface area contributed by atoms with Gasteiger partial charge in [0.05, 0.1) is 29.7 Å². The number of hydrogen-bond donors (Lipinski definition) is 2. The number of amides is 2. The second kappa shape index (κ2) is 12.3. The fourth-order valence-electron chi connectivity index (χ4n) is 4.78. The molecule has 1 aliphatic carbocycles. The SMILES string of the molecule is Cc1cccc(CNC(=O)N(C=C2CCC(Nc3ccc(C#N)cn3)CC2)c2ccc(-c3cnn(C)c3)cc2)n1. The highest BCUT2D eigenvalue weighted by Crippen LogP contribution is 2.29. The number of hydrogen-bond acceptors (Lipinski definition) is 6. The summed E-state index contributed by atoms with van der Waals surface area (Å²) < 4.78 is 1.77. The summed E-state index contributed by atoms with van der Waals surface area (Å²) in [6.07, 6.45) is 10.9. The molecule has 9 heteroatoms. The lowest BCUT2D eigenvalue weighted by atomic mass is 9.91. The molecule has 1 saturated carbocycles. The second-order valence-electron chi connectivity index (χ2n) is 10.00. The summed E-state index contributed by atoms with van der Waals surface area (Å²) >= 11 is 0. The quantitative estimate of drug-likeness (QED) is 0.315. The van der Waals surface area contributed by atoms with Crippen LogP contribution in [0.1, 0.15) is 42.6 Å². The zero-order valence-electron chi connectivity index (χ0n) is 22.7. The molecular formula is C31H32N8O. The van der Waals surface area contributed by atoms with Crippen molar-refractivity contribution in [1.29, 1.82) is 5.26 Å². The van der Waals surface area contributed by atoms with E-state index in [9.17, 15) is 4.79 Å². The van der Waals surface area contributed by atoms with Crippen LogP contribution in [-0.4, -0.2) is 31.8 Å². The minimum atomic E-state index is -0.202. The van der Waals surface area contributed by atoms with Gasteiger partial charge in [-0.1, -0.05) is 23.8 Å². The van der Waals surface area contributed by atoms with Crippen molar-refractivity contribution in [2.45, 2.75) is 45.2 Å². The number of nitriles is 1. The predicted octanol–water partition coefficient (Wildman–Crippen LogP) is 5.71. The summed E-state index contributed by atoms with van der Waals surface area (Å²) in [6.45, 7) is 2.28. The van der Waals surface area contributed by atoms with E-state index in [1.165, 1.54) is 5.57 Å². The molecule has 0 spiro atoms. The molecule has 202 valence electrons. The lowest BCUT2D eigenvalue weighted by Gasteiger charge is -2.27. The van der Waals surface area contributed by atoms with Crippen LogP contribution in [0.5, 0.6) is 0 Å². The van der Waals surface area contributed by atoms with Crippen molar-refractivity contribution in [2.24, 2.45) is 7.05 Å². The summed E-state index contributed by atoms with van der Waals surface area (Å²) in [5.41, 5.74) is 6.34. The van der Waals surface area contributed by atoms with E-state index in [4.69, 9.17) is 5.26 Å². The number of rotatable bonds is 7. The number of anilines is 2. The van der Waals surface area contributed by atoms with Crippen molar-refractivity contribution < 1.29 is 4.79 Å². The van der Waals surface area contributed by atoms with E-state index in [1.54, 1.807) is 21.8 Å². The fourth-order valence-corrected chi connectivity index (χ4v) is 4.78. The first kappa shape index (κ1) is 26.6. The van der Waals surface area contributed by atoms with Crippen molar-refractivity contribution in [2.75, 3.05) is 10.2 Å². The van der Waals surface area contributed by atoms with Crippen LogP contribution in [0.2, 0.25) is 0 Å². The number of nitrogens with one attached hydrogen (secondary N) is 2. The number of aryl methyl sites for hydroxylation is 2. The van der Waals surface area contributed by atoms with Gasteiger partial charge in [0.1, 0.15) is 11.9 Å². The van der Waals surface area contributed by atoms with Gasteiger partial charge in [-0.25, -0.2) is 9.78 Å². The molecule has 2 amide bonds. The van der Waals surface area contributed by atoms with Crippen LogP contribution >= 0.6 is 0 Å². The Balaban J connectivity index is 1.30. The first-order chi connectivity index (χ1) is 19.5. The maximum atomic E-state index is 13.5. The van der Waals surface area contributed by atoms with Crippen molar-refractivity contribution >= 4 is 17.5 Å². The van der Waals surface area contributed by atoms with E-state index in [0.29, 0.717) is 12.1 Å². The Kier molecular flexibility index (Phi) is 8.16. The Morgan fingerprint density at radius 1 is 1.10 bits per heavy atom. The summed E-state index contributed by atoms with van der Waals surface area (Å²) in [6, 6.07) is 19.5. The maximum absolute atomic E-state index is 13.5. The number of carbonyl (C=O) groups is 1. The van der Waals surface area contributed by atoms with Crippen molar-refractivity contribution in [3.05, 3.63) is 102 Å². The van der Waals surface area contributed by atoms with Gasteiger partial charge in [-0.3, -0.25) is 14.6 Å². The zero-order valence-corrected chi connectivity index (χ0v) is 22.7. The minimum Gasteiger partial charge on any atom is -0.367 e. The average molecular weight is 533 g/mol. The van der Waals surface area contributed by atoms with Gasteiger partial charge in [0, 0.05) is 42.9 Å². The standard InChI is InChI=1S/C31H32N8O/c1-22-4-3-5-28(36-22)19-34-31(40)39(29-13-9-25(10-14-29)26-18-35-38(2)21-26)20-23-6-11-27(12-7-23)37-30-15-8-24(16-32)17-33-30/h3-5,8-10,13-15,17-18,20-21,27H,6-7,11-12,19H2,1-2H3,(H,33,37)(H,34,40). The lowest BCUT2D eigenvalue weighted by Crippen LogP contribution is -2.37. The van der Waals surface area contributed by atoms with Crippen LogP contribution in [0.3, 0.4) is 0 Å². The van der Waals surface area contributed by atoms with Crippen LogP contribution in [0.25, 0.3) is 11.1 Å². The van der Waals surface area contributed by atoms with Crippen LogP contribution in [0.4, 0.5) is 16.3 Å². The molecule has 0 atom stereocenters. The van der Waals surface area contributed by atoms with Crippen molar-refractivity contribution in [1.82, 2.24) is 25.1 Å². The third kappa shape index (κ3) is 6.72. The molecule has 3 aromatic heterocycles. The molecule has 0 radical (unpaired) electrons. The number of allylic oxidation sites excluding steroid dienone is 1. The first-order valence-electron chi connectivity index (χ1n) is 13.4. The molecule has 1 aliphatic rings. The molecule has 5 rings (SSSR count). The molecule has 4 aromatic rings. The van der Waals surface area contributed by atoms with E-state index in [2.05, 4.69) is 31.8 Å². The van der Waals surface area contributed by atoms with Gasteiger partial charge < -0.3 is 10.6 Å². The number of benzene rings is 1. The van der Waals surface area contributed by atoms with Gasteiger partial charge in [-0.2, -0.15) is 10.4 Å². The molecule has 0 bridgehead atoms. The lowest BCUT2D eigenvalue weighted by molar-refractivity contribution is 0.247. The predicted molar refractivity (Wildman–Crippen MR) is 155 cm³/mol. The Morgan fingerprint density at radius 2 is 1.90 bits per heavy atom. The van der Waals surface area contributed by atoms with E-state index in [0.717, 1.165) is 59.7 Å². The number of carbonyl (C=O) groups excluding carboxylic acids is 1. The molecule has 0 saturated heterocycles. The smallest absolute Gasteiger partial charge is 0.326 e. The van der Waals surface area contributed by atoms with Crippen LogP contribution in [0.15, 0.2) is 85.0 Å². The zero-order chi connectivity index (χ0) is 27.9. The largest absolute Gasteiger partial charge is 0.367 e. The van der Waals surface area contributed by atoms with Gasteiger partial charge >= 0.3 is 6.03 Å². The summed E-state index contributed by atoms with van der Waals surface area (Å²) in [4.78, 5) is 24.0. The topological polar surface area (TPSA) is 112 Å².